The number of nitrogen functional groups attached to an aromatic ring is 2. The number of nitrogens with zero attached hydrogens (tertiary/aromatic N) is 1. The Hall–Kier alpha value is -6.32. The minimum absolute atomic E-state index is 0.751. The van der Waals surface area contributed by atoms with Crippen molar-refractivity contribution in [1.82, 2.24) is 0 Å². The SMILES string of the molecule is Nc1ccc(C/C(=C/c2ccc(-c3ccc(-c4ccc(N(c5ccccc5)c5ccc(N)cc5)cc4)cc3)cc2)c2ccccc2)cc1. The molecule has 0 fully saturated rings. The van der Waals surface area contributed by atoms with Crippen LogP contribution in [0.4, 0.5) is 28.4 Å². The first-order chi connectivity index (χ1) is 23.6. The second-order valence-corrected chi connectivity index (χ2v) is 12.0. The van der Waals surface area contributed by atoms with Crippen molar-refractivity contribution in [1.29, 1.82) is 0 Å². The molecule has 0 bridgehead atoms. The van der Waals surface area contributed by atoms with E-state index in [1.54, 1.807) is 0 Å². The van der Waals surface area contributed by atoms with E-state index in [4.69, 9.17) is 11.5 Å². The quantitative estimate of drug-likeness (QED) is 0.125. The summed E-state index contributed by atoms with van der Waals surface area (Å²) in [7, 11) is 0. The average Bonchev–Trinajstić information content (AvgIpc) is 3.15. The number of para-hydroxylation sites is 1. The highest BCUT2D eigenvalue weighted by Crippen LogP contribution is 2.36. The molecule has 0 aliphatic rings. The van der Waals surface area contributed by atoms with Crippen LogP contribution in [0.2, 0.25) is 0 Å². The molecule has 0 spiro atoms. The predicted octanol–water partition coefficient (Wildman–Crippen LogP) is 11.4. The van der Waals surface area contributed by atoms with E-state index in [2.05, 4.69) is 163 Å². The first kappa shape index (κ1) is 30.3. The van der Waals surface area contributed by atoms with Crippen molar-refractivity contribution in [2.75, 3.05) is 16.4 Å². The average molecular weight is 620 g/mol. The van der Waals surface area contributed by atoms with Crippen LogP contribution in [0, 0.1) is 0 Å². The number of hydrogen-bond donors (Lipinski definition) is 2. The summed E-state index contributed by atoms with van der Waals surface area (Å²) in [6, 6.07) is 63.5. The van der Waals surface area contributed by atoms with Crippen molar-refractivity contribution in [3.8, 4) is 22.3 Å². The second-order valence-electron chi connectivity index (χ2n) is 12.0. The zero-order chi connectivity index (χ0) is 32.7. The van der Waals surface area contributed by atoms with Crippen LogP contribution in [0.5, 0.6) is 0 Å². The van der Waals surface area contributed by atoms with Crippen LogP contribution >= 0.6 is 0 Å². The van der Waals surface area contributed by atoms with Gasteiger partial charge in [0.05, 0.1) is 0 Å². The van der Waals surface area contributed by atoms with Gasteiger partial charge in [0.25, 0.3) is 0 Å². The highest BCUT2D eigenvalue weighted by atomic mass is 15.1. The van der Waals surface area contributed by atoms with Crippen molar-refractivity contribution >= 4 is 40.1 Å². The van der Waals surface area contributed by atoms with E-state index in [0.717, 1.165) is 34.9 Å². The summed E-state index contributed by atoms with van der Waals surface area (Å²) in [5.74, 6) is 0. The van der Waals surface area contributed by atoms with Crippen LogP contribution < -0.4 is 16.4 Å². The molecule has 3 heteroatoms. The molecule has 4 N–H and O–H groups in total. The van der Waals surface area contributed by atoms with Gasteiger partial charge < -0.3 is 16.4 Å². The lowest BCUT2D eigenvalue weighted by Gasteiger charge is -2.25. The largest absolute Gasteiger partial charge is 0.399 e. The molecular weight excluding hydrogens is 583 g/mol. The normalized spacial score (nSPS) is 11.3. The Kier molecular flexibility index (Phi) is 8.84. The summed E-state index contributed by atoms with van der Waals surface area (Å²) in [5.41, 5.74) is 26.3. The van der Waals surface area contributed by atoms with Gasteiger partial charge in [0.1, 0.15) is 0 Å². The van der Waals surface area contributed by atoms with Gasteiger partial charge in [-0.05, 0) is 112 Å². The summed E-state index contributed by atoms with van der Waals surface area (Å²) in [4.78, 5) is 2.24. The Morgan fingerprint density at radius 1 is 0.417 bits per heavy atom. The first-order valence-corrected chi connectivity index (χ1v) is 16.2. The van der Waals surface area contributed by atoms with Crippen molar-refractivity contribution in [2.24, 2.45) is 0 Å². The molecule has 7 rings (SSSR count). The first-order valence-electron chi connectivity index (χ1n) is 16.2. The van der Waals surface area contributed by atoms with Crippen LogP contribution in [-0.4, -0.2) is 0 Å². The fourth-order valence-corrected chi connectivity index (χ4v) is 6.02. The monoisotopic (exact) mass is 619 g/mol. The van der Waals surface area contributed by atoms with Gasteiger partial charge in [-0.2, -0.15) is 0 Å². The topological polar surface area (TPSA) is 55.3 Å². The molecule has 0 radical (unpaired) electrons. The van der Waals surface area contributed by atoms with Crippen molar-refractivity contribution in [3.05, 3.63) is 199 Å². The lowest BCUT2D eigenvalue weighted by atomic mass is 9.95. The van der Waals surface area contributed by atoms with Gasteiger partial charge in [-0.3, -0.25) is 0 Å². The maximum atomic E-state index is 5.98. The molecule has 0 aliphatic heterocycles. The number of nitrogens with two attached hydrogens (primary N) is 2. The molecule has 232 valence electrons. The Morgan fingerprint density at radius 3 is 1.33 bits per heavy atom. The van der Waals surface area contributed by atoms with Gasteiger partial charge in [0, 0.05) is 28.4 Å². The Morgan fingerprint density at radius 2 is 0.812 bits per heavy atom. The van der Waals surface area contributed by atoms with E-state index in [1.807, 2.05) is 30.3 Å². The van der Waals surface area contributed by atoms with E-state index < -0.39 is 0 Å². The zero-order valence-electron chi connectivity index (χ0n) is 26.7. The number of allylic oxidation sites excluding steroid dienone is 1. The fourth-order valence-electron chi connectivity index (χ4n) is 6.02. The third-order valence-electron chi connectivity index (χ3n) is 8.61. The molecular formula is C45H37N3. The molecule has 0 aromatic heterocycles. The number of rotatable bonds is 9. The van der Waals surface area contributed by atoms with Crippen LogP contribution in [0.3, 0.4) is 0 Å². The number of anilines is 5. The van der Waals surface area contributed by atoms with E-state index in [9.17, 15) is 0 Å². The van der Waals surface area contributed by atoms with E-state index in [0.29, 0.717) is 0 Å². The van der Waals surface area contributed by atoms with Crippen LogP contribution in [-0.2, 0) is 6.42 Å². The Bertz CT molecular complexity index is 2100. The second kappa shape index (κ2) is 14.0. The van der Waals surface area contributed by atoms with Gasteiger partial charge in [-0.1, -0.05) is 127 Å². The summed E-state index contributed by atoms with van der Waals surface area (Å²) >= 11 is 0. The van der Waals surface area contributed by atoms with Crippen LogP contribution in [0.15, 0.2) is 182 Å². The molecule has 0 aliphatic carbocycles. The smallest absolute Gasteiger partial charge is 0.0463 e. The number of hydrogen-bond acceptors (Lipinski definition) is 3. The summed E-state index contributed by atoms with van der Waals surface area (Å²) in [5, 5.41) is 0. The van der Waals surface area contributed by atoms with E-state index in [-0.39, 0.29) is 0 Å². The molecule has 0 amide bonds. The zero-order valence-corrected chi connectivity index (χ0v) is 26.7. The summed E-state index contributed by atoms with van der Waals surface area (Å²) in [6.45, 7) is 0. The lowest BCUT2D eigenvalue weighted by molar-refractivity contribution is 1.28. The van der Waals surface area contributed by atoms with Crippen molar-refractivity contribution in [2.45, 2.75) is 6.42 Å². The molecule has 0 atom stereocenters. The lowest BCUT2D eigenvalue weighted by Crippen LogP contribution is -2.09. The predicted molar refractivity (Wildman–Crippen MR) is 205 cm³/mol. The van der Waals surface area contributed by atoms with E-state index >= 15 is 0 Å². The standard InChI is InChI=1S/C45H37N3/c46-41-23-13-34(14-24-41)32-40(35-7-3-1-4-8-35)31-33-11-15-36(16-12-33)37-17-19-38(20-18-37)39-21-27-44(28-22-39)48(43-9-5-2-6-10-43)45-29-25-42(47)26-30-45/h1-31H,32,46-47H2/b40-31-. The van der Waals surface area contributed by atoms with Crippen molar-refractivity contribution in [3.63, 3.8) is 0 Å². The molecule has 0 saturated heterocycles. The fraction of sp³-hybridized carbons (Fsp3) is 0.0222. The van der Waals surface area contributed by atoms with Gasteiger partial charge in [-0.15, -0.1) is 0 Å². The van der Waals surface area contributed by atoms with Crippen molar-refractivity contribution < 1.29 is 0 Å². The molecule has 48 heavy (non-hydrogen) atoms. The number of benzene rings is 7. The van der Waals surface area contributed by atoms with Gasteiger partial charge in [0.15, 0.2) is 0 Å². The molecule has 0 saturated carbocycles. The molecule has 7 aromatic rings. The maximum absolute atomic E-state index is 5.98. The van der Waals surface area contributed by atoms with E-state index in [1.165, 1.54) is 44.5 Å². The van der Waals surface area contributed by atoms with Gasteiger partial charge in [-0.25, -0.2) is 0 Å². The summed E-state index contributed by atoms with van der Waals surface area (Å²) in [6.07, 6.45) is 3.12. The minimum Gasteiger partial charge on any atom is -0.399 e. The maximum Gasteiger partial charge on any atom is 0.0463 e. The van der Waals surface area contributed by atoms with Crippen LogP contribution in [0.25, 0.3) is 33.9 Å². The van der Waals surface area contributed by atoms with Gasteiger partial charge >= 0.3 is 0 Å². The molecule has 0 heterocycles. The highest BCUT2D eigenvalue weighted by molar-refractivity contribution is 5.84. The molecule has 0 unspecified atom stereocenters. The summed E-state index contributed by atoms with van der Waals surface area (Å²) < 4.78 is 0. The Labute approximate surface area is 283 Å². The molecule has 7 aromatic carbocycles. The molecule has 3 nitrogen and oxygen atoms in total. The van der Waals surface area contributed by atoms with Crippen LogP contribution in [0.1, 0.15) is 16.7 Å². The Balaban J connectivity index is 1.09. The third-order valence-corrected chi connectivity index (χ3v) is 8.61. The highest BCUT2D eigenvalue weighted by Gasteiger charge is 2.12. The minimum atomic E-state index is 0.751. The third kappa shape index (κ3) is 7.06. The van der Waals surface area contributed by atoms with Gasteiger partial charge in [0.2, 0.25) is 0 Å².